The molecule has 1 unspecified atom stereocenters. The summed E-state index contributed by atoms with van der Waals surface area (Å²) in [5.74, 6) is 1.02. The van der Waals surface area contributed by atoms with Crippen molar-refractivity contribution in [3.8, 4) is 0 Å². The molecule has 0 radical (unpaired) electrons. The lowest BCUT2D eigenvalue weighted by Gasteiger charge is -2.20. The molecule has 2 nitrogen and oxygen atoms in total. The Morgan fingerprint density at radius 1 is 1.32 bits per heavy atom. The maximum absolute atomic E-state index is 5.48. The van der Waals surface area contributed by atoms with Crippen molar-refractivity contribution < 1.29 is 4.42 Å². The van der Waals surface area contributed by atoms with Gasteiger partial charge in [-0.3, -0.25) is 0 Å². The first-order chi connectivity index (χ1) is 9.20. The third-order valence-electron chi connectivity index (χ3n) is 3.24. The minimum absolute atomic E-state index is 0.295. The predicted octanol–water partition coefficient (Wildman–Crippen LogP) is 4.63. The number of hydrogen-bond donors (Lipinski definition) is 1. The summed E-state index contributed by atoms with van der Waals surface area (Å²) in [7, 11) is 0. The van der Waals surface area contributed by atoms with E-state index in [0.717, 1.165) is 29.6 Å². The summed E-state index contributed by atoms with van der Waals surface area (Å²) in [6.45, 7) is 5.35. The number of rotatable bonds is 6. The van der Waals surface area contributed by atoms with Crippen molar-refractivity contribution in [2.75, 3.05) is 6.54 Å². The molecule has 1 atom stereocenters. The standard InChI is InChI=1S/C16H20BrNO/c1-3-8-18-16(11-14-5-4-9-19-14)15-10-13(17)7-6-12(15)2/h4-7,9-10,16,18H,3,8,11H2,1-2H3. The summed E-state index contributed by atoms with van der Waals surface area (Å²) in [5.41, 5.74) is 2.64. The monoisotopic (exact) mass is 321 g/mol. The molecule has 0 saturated carbocycles. The van der Waals surface area contributed by atoms with E-state index >= 15 is 0 Å². The van der Waals surface area contributed by atoms with Gasteiger partial charge in [0.15, 0.2) is 0 Å². The van der Waals surface area contributed by atoms with E-state index in [-0.39, 0.29) is 0 Å². The molecular formula is C16H20BrNO. The third kappa shape index (κ3) is 3.95. The van der Waals surface area contributed by atoms with Crippen molar-refractivity contribution in [2.24, 2.45) is 0 Å². The highest BCUT2D eigenvalue weighted by Gasteiger charge is 2.15. The van der Waals surface area contributed by atoms with Gasteiger partial charge in [-0.2, -0.15) is 0 Å². The summed E-state index contributed by atoms with van der Waals surface area (Å²) in [6.07, 6.45) is 3.74. The molecule has 0 fully saturated rings. The third-order valence-corrected chi connectivity index (χ3v) is 3.74. The molecule has 2 aromatic rings. The Morgan fingerprint density at radius 3 is 2.84 bits per heavy atom. The molecule has 3 heteroatoms. The number of furan rings is 1. The molecule has 0 saturated heterocycles. The number of halogens is 1. The van der Waals surface area contributed by atoms with Crippen LogP contribution in [-0.2, 0) is 6.42 Å². The van der Waals surface area contributed by atoms with Crippen LogP contribution in [0, 0.1) is 6.92 Å². The van der Waals surface area contributed by atoms with Gasteiger partial charge in [0.2, 0.25) is 0 Å². The van der Waals surface area contributed by atoms with Crippen LogP contribution in [-0.4, -0.2) is 6.54 Å². The number of nitrogens with one attached hydrogen (secondary N) is 1. The van der Waals surface area contributed by atoms with Gasteiger partial charge >= 0.3 is 0 Å². The first-order valence-corrected chi connectivity index (χ1v) is 7.51. The summed E-state index contributed by atoms with van der Waals surface area (Å²) in [4.78, 5) is 0. The summed E-state index contributed by atoms with van der Waals surface area (Å²) in [5, 5.41) is 3.61. The van der Waals surface area contributed by atoms with E-state index < -0.39 is 0 Å². The van der Waals surface area contributed by atoms with Crippen LogP contribution in [0.1, 0.15) is 36.3 Å². The Labute approximate surface area is 123 Å². The molecule has 1 aromatic carbocycles. The van der Waals surface area contributed by atoms with E-state index in [1.54, 1.807) is 6.26 Å². The molecule has 0 aliphatic heterocycles. The first kappa shape index (κ1) is 14.4. The highest BCUT2D eigenvalue weighted by molar-refractivity contribution is 9.10. The molecule has 19 heavy (non-hydrogen) atoms. The Morgan fingerprint density at radius 2 is 2.16 bits per heavy atom. The Hall–Kier alpha value is -1.06. The highest BCUT2D eigenvalue weighted by atomic mass is 79.9. The van der Waals surface area contributed by atoms with Gasteiger partial charge in [-0.05, 0) is 55.3 Å². The zero-order valence-corrected chi connectivity index (χ0v) is 13.0. The van der Waals surface area contributed by atoms with E-state index in [0.29, 0.717) is 6.04 Å². The smallest absolute Gasteiger partial charge is 0.105 e. The molecule has 0 aliphatic rings. The van der Waals surface area contributed by atoms with Crippen LogP contribution in [0.25, 0.3) is 0 Å². The van der Waals surface area contributed by atoms with Crippen LogP contribution in [0.5, 0.6) is 0 Å². The van der Waals surface area contributed by atoms with E-state index in [9.17, 15) is 0 Å². The number of aryl methyl sites for hydroxylation is 1. The largest absolute Gasteiger partial charge is 0.469 e. The lowest BCUT2D eigenvalue weighted by atomic mass is 9.97. The van der Waals surface area contributed by atoms with Gasteiger partial charge < -0.3 is 9.73 Å². The van der Waals surface area contributed by atoms with Gasteiger partial charge in [0.1, 0.15) is 5.76 Å². The molecule has 1 N–H and O–H groups in total. The van der Waals surface area contributed by atoms with Gasteiger partial charge in [0.05, 0.1) is 6.26 Å². The van der Waals surface area contributed by atoms with Gasteiger partial charge in [0, 0.05) is 16.9 Å². The van der Waals surface area contributed by atoms with Crippen molar-refractivity contribution in [3.63, 3.8) is 0 Å². The Kier molecular flexibility index (Phi) is 5.23. The van der Waals surface area contributed by atoms with Crippen molar-refractivity contribution in [2.45, 2.75) is 32.7 Å². The Balaban J connectivity index is 2.23. The van der Waals surface area contributed by atoms with Crippen LogP contribution in [0.4, 0.5) is 0 Å². The first-order valence-electron chi connectivity index (χ1n) is 6.72. The van der Waals surface area contributed by atoms with Gasteiger partial charge in [-0.1, -0.05) is 28.9 Å². The van der Waals surface area contributed by atoms with Crippen LogP contribution >= 0.6 is 15.9 Å². The fraction of sp³-hybridized carbons (Fsp3) is 0.375. The normalized spacial score (nSPS) is 12.6. The maximum atomic E-state index is 5.48. The van der Waals surface area contributed by atoms with Crippen molar-refractivity contribution >= 4 is 15.9 Å². The predicted molar refractivity (Wildman–Crippen MR) is 82.3 cm³/mol. The van der Waals surface area contributed by atoms with Gasteiger partial charge in [-0.15, -0.1) is 0 Å². The lowest BCUT2D eigenvalue weighted by Crippen LogP contribution is -2.24. The van der Waals surface area contributed by atoms with Crippen LogP contribution < -0.4 is 5.32 Å². The van der Waals surface area contributed by atoms with Crippen molar-refractivity contribution in [3.05, 3.63) is 58.0 Å². The van der Waals surface area contributed by atoms with E-state index in [4.69, 9.17) is 4.42 Å². The van der Waals surface area contributed by atoms with Gasteiger partial charge in [0.25, 0.3) is 0 Å². The molecule has 102 valence electrons. The average Bonchev–Trinajstić information content (AvgIpc) is 2.90. The zero-order chi connectivity index (χ0) is 13.7. The summed E-state index contributed by atoms with van der Waals surface area (Å²) < 4.78 is 6.60. The fourth-order valence-electron chi connectivity index (χ4n) is 2.23. The average molecular weight is 322 g/mol. The second-order valence-electron chi connectivity index (χ2n) is 4.79. The SMILES string of the molecule is CCCNC(Cc1ccco1)c1cc(Br)ccc1C. The molecule has 0 amide bonds. The van der Waals surface area contributed by atoms with Crippen molar-refractivity contribution in [1.29, 1.82) is 0 Å². The fourth-order valence-corrected chi connectivity index (χ4v) is 2.61. The number of benzene rings is 1. The second-order valence-corrected chi connectivity index (χ2v) is 5.71. The van der Waals surface area contributed by atoms with E-state index in [1.807, 2.05) is 12.1 Å². The van der Waals surface area contributed by atoms with Crippen LogP contribution in [0.3, 0.4) is 0 Å². The van der Waals surface area contributed by atoms with Crippen LogP contribution in [0.15, 0.2) is 45.5 Å². The Bertz CT molecular complexity index is 507. The second kappa shape index (κ2) is 6.92. The quantitative estimate of drug-likeness (QED) is 0.838. The maximum Gasteiger partial charge on any atom is 0.105 e. The lowest BCUT2D eigenvalue weighted by molar-refractivity contribution is 0.448. The minimum Gasteiger partial charge on any atom is -0.469 e. The topological polar surface area (TPSA) is 25.2 Å². The minimum atomic E-state index is 0.295. The zero-order valence-electron chi connectivity index (χ0n) is 11.4. The number of hydrogen-bond acceptors (Lipinski definition) is 2. The molecule has 0 bridgehead atoms. The molecule has 0 aliphatic carbocycles. The molecule has 2 rings (SSSR count). The van der Waals surface area contributed by atoms with E-state index in [2.05, 4.69) is 53.3 Å². The van der Waals surface area contributed by atoms with E-state index in [1.165, 1.54) is 11.1 Å². The molecular weight excluding hydrogens is 302 g/mol. The van der Waals surface area contributed by atoms with Crippen molar-refractivity contribution in [1.82, 2.24) is 5.32 Å². The summed E-state index contributed by atoms with van der Waals surface area (Å²) >= 11 is 3.56. The van der Waals surface area contributed by atoms with Crippen LogP contribution in [0.2, 0.25) is 0 Å². The van der Waals surface area contributed by atoms with Gasteiger partial charge in [-0.25, -0.2) is 0 Å². The highest BCUT2D eigenvalue weighted by Crippen LogP contribution is 2.25. The molecule has 1 heterocycles. The molecule has 0 spiro atoms. The molecule has 1 aromatic heterocycles. The summed E-state index contributed by atoms with van der Waals surface area (Å²) in [6, 6.07) is 10.7.